The lowest BCUT2D eigenvalue weighted by molar-refractivity contribution is 0.102. The number of aromatic nitrogens is 4. The van der Waals surface area contributed by atoms with Crippen molar-refractivity contribution in [2.45, 2.75) is 39.5 Å². The van der Waals surface area contributed by atoms with Crippen molar-refractivity contribution in [3.8, 4) is 5.95 Å². The maximum absolute atomic E-state index is 12.8. The molecule has 0 aliphatic heterocycles. The monoisotopic (exact) mass is 442 g/mol. The lowest BCUT2D eigenvalue weighted by Crippen LogP contribution is -2.30. The number of hydrogen-bond donors (Lipinski definition) is 1. The SMILES string of the molecule is CCN(CC)S(=O)(=O)c1ccc(C(=O)Nc2cc(C)nn2-c2nc(C)cc(C)n2)cc1. The van der Waals surface area contributed by atoms with Gasteiger partial charge in [0.25, 0.3) is 11.9 Å². The molecule has 10 heteroatoms. The van der Waals surface area contributed by atoms with E-state index < -0.39 is 15.9 Å². The van der Waals surface area contributed by atoms with Gasteiger partial charge in [-0.25, -0.2) is 18.4 Å². The molecule has 3 aromatic rings. The molecule has 2 heterocycles. The minimum absolute atomic E-state index is 0.150. The van der Waals surface area contributed by atoms with Gasteiger partial charge in [0.15, 0.2) is 0 Å². The highest BCUT2D eigenvalue weighted by molar-refractivity contribution is 7.89. The Kier molecular flexibility index (Phi) is 6.51. The van der Waals surface area contributed by atoms with Crippen molar-refractivity contribution in [2.75, 3.05) is 18.4 Å². The standard InChI is InChI=1S/C21H26N6O3S/c1-6-26(7-2)31(29,30)18-10-8-17(9-11-18)20(28)24-19-13-16(5)25-27(19)21-22-14(3)12-15(4)23-21/h8-13H,6-7H2,1-5H3,(H,24,28). The van der Waals surface area contributed by atoms with E-state index in [1.54, 1.807) is 19.9 Å². The Morgan fingerprint density at radius 3 is 2.10 bits per heavy atom. The minimum atomic E-state index is -3.58. The predicted molar refractivity (Wildman–Crippen MR) is 118 cm³/mol. The van der Waals surface area contributed by atoms with E-state index in [-0.39, 0.29) is 4.90 Å². The minimum Gasteiger partial charge on any atom is -0.306 e. The molecule has 3 rings (SSSR count). The molecule has 0 bridgehead atoms. The molecular weight excluding hydrogens is 416 g/mol. The molecule has 0 fully saturated rings. The summed E-state index contributed by atoms with van der Waals surface area (Å²) >= 11 is 0. The van der Waals surface area contributed by atoms with Crippen molar-refractivity contribution in [3.05, 3.63) is 59.0 Å². The second kappa shape index (κ2) is 8.94. The van der Waals surface area contributed by atoms with E-state index in [2.05, 4.69) is 20.4 Å². The van der Waals surface area contributed by atoms with Crippen molar-refractivity contribution < 1.29 is 13.2 Å². The molecule has 9 nitrogen and oxygen atoms in total. The highest BCUT2D eigenvalue weighted by Gasteiger charge is 2.22. The summed E-state index contributed by atoms with van der Waals surface area (Å²) in [5, 5.41) is 7.20. The van der Waals surface area contributed by atoms with Crippen molar-refractivity contribution in [3.63, 3.8) is 0 Å². The largest absolute Gasteiger partial charge is 0.306 e. The van der Waals surface area contributed by atoms with Gasteiger partial charge in [-0.05, 0) is 51.1 Å². The first-order valence-corrected chi connectivity index (χ1v) is 11.4. The summed E-state index contributed by atoms with van der Waals surface area (Å²) in [5.74, 6) is 0.395. The van der Waals surface area contributed by atoms with Gasteiger partial charge in [-0.1, -0.05) is 13.8 Å². The predicted octanol–water partition coefficient (Wildman–Crippen LogP) is 2.87. The third-order valence-electron chi connectivity index (χ3n) is 4.69. The molecule has 0 aliphatic carbocycles. The first kappa shape index (κ1) is 22.6. The Bertz CT molecular complexity index is 1180. The van der Waals surface area contributed by atoms with E-state index in [9.17, 15) is 13.2 Å². The van der Waals surface area contributed by atoms with E-state index in [4.69, 9.17) is 0 Å². The Labute approximate surface area is 182 Å². The van der Waals surface area contributed by atoms with Crippen LogP contribution in [0.5, 0.6) is 0 Å². The van der Waals surface area contributed by atoms with E-state index in [1.165, 1.54) is 33.3 Å². The third kappa shape index (κ3) is 4.80. The summed E-state index contributed by atoms with van der Waals surface area (Å²) in [4.78, 5) is 21.7. The molecule has 0 aliphatic rings. The third-order valence-corrected chi connectivity index (χ3v) is 6.76. The molecule has 164 valence electrons. The van der Waals surface area contributed by atoms with E-state index >= 15 is 0 Å². The zero-order valence-corrected chi connectivity index (χ0v) is 19.1. The Morgan fingerprint density at radius 1 is 0.968 bits per heavy atom. The summed E-state index contributed by atoms with van der Waals surface area (Å²) in [5.41, 5.74) is 2.60. The Hall–Kier alpha value is -3.11. The van der Waals surface area contributed by atoms with Gasteiger partial charge in [0, 0.05) is 36.1 Å². The van der Waals surface area contributed by atoms with Crippen LogP contribution in [-0.2, 0) is 10.0 Å². The summed E-state index contributed by atoms with van der Waals surface area (Å²) in [6.07, 6.45) is 0. The van der Waals surface area contributed by atoms with Crippen LogP contribution in [0.1, 0.15) is 41.3 Å². The highest BCUT2D eigenvalue weighted by atomic mass is 32.2. The van der Waals surface area contributed by atoms with E-state index in [1.807, 2.05) is 26.8 Å². The fraction of sp³-hybridized carbons (Fsp3) is 0.333. The van der Waals surface area contributed by atoms with Gasteiger partial charge in [-0.15, -0.1) is 0 Å². The Balaban J connectivity index is 1.86. The van der Waals surface area contributed by atoms with Crippen LogP contribution in [0.25, 0.3) is 5.95 Å². The number of sulfonamides is 1. The first-order valence-electron chi connectivity index (χ1n) is 9.96. The average Bonchev–Trinajstić information content (AvgIpc) is 3.08. The number of nitrogens with zero attached hydrogens (tertiary/aromatic N) is 5. The van der Waals surface area contributed by atoms with Gasteiger partial charge in [0.05, 0.1) is 10.6 Å². The maximum Gasteiger partial charge on any atom is 0.256 e. The number of anilines is 1. The second-order valence-corrected chi connectivity index (χ2v) is 9.04. The molecule has 0 saturated heterocycles. The molecule has 0 radical (unpaired) electrons. The van der Waals surface area contributed by atoms with Gasteiger partial charge in [0.1, 0.15) is 5.82 Å². The number of carbonyl (C=O) groups is 1. The number of amides is 1. The molecule has 2 aromatic heterocycles. The van der Waals surface area contributed by atoms with Crippen LogP contribution >= 0.6 is 0 Å². The summed E-state index contributed by atoms with van der Waals surface area (Å²) in [7, 11) is -3.58. The van der Waals surface area contributed by atoms with Gasteiger partial charge in [-0.2, -0.15) is 14.1 Å². The summed E-state index contributed by atoms with van der Waals surface area (Å²) < 4.78 is 28.1. The summed E-state index contributed by atoms with van der Waals surface area (Å²) in [6.45, 7) is 9.86. The topological polar surface area (TPSA) is 110 Å². The molecule has 1 amide bonds. The van der Waals surface area contributed by atoms with Gasteiger partial charge < -0.3 is 5.32 Å². The second-order valence-electron chi connectivity index (χ2n) is 7.10. The van der Waals surface area contributed by atoms with Crippen LogP contribution in [0.15, 0.2) is 41.3 Å². The Morgan fingerprint density at radius 2 is 1.55 bits per heavy atom. The van der Waals surface area contributed by atoms with Crippen LogP contribution in [-0.4, -0.2) is 51.5 Å². The zero-order chi connectivity index (χ0) is 22.8. The van der Waals surface area contributed by atoms with Crippen LogP contribution < -0.4 is 5.32 Å². The lowest BCUT2D eigenvalue weighted by Gasteiger charge is -2.18. The summed E-state index contributed by atoms with van der Waals surface area (Å²) in [6, 6.07) is 9.44. The molecular formula is C21H26N6O3S. The van der Waals surface area contributed by atoms with Crippen molar-refractivity contribution >= 4 is 21.7 Å². The molecule has 0 spiro atoms. The van der Waals surface area contributed by atoms with E-state index in [0.717, 1.165) is 11.4 Å². The van der Waals surface area contributed by atoms with Crippen molar-refractivity contribution in [1.82, 2.24) is 24.1 Å². The van der Waals surface area contributed by atoms with Crippen molar-refractivity contribution in [1.29, 1.82) is 0 Å². The lowest BCUT2D eigenvalue weighted by atomic mass is 10.2. The number of rotatable bonds is 7. The van der Waals surface area contributed by atoms with Crippen LogP contribution in [0.2, 0.25) is 0 Å². The quantitative estimate of drug-likeness (QED) is 0.602. The van der Waals surface area contributed by atoms with Gasteiger partial charge in [0.2, 0.25) is 10.0 Å². The number of carbonyl (C=O) groups excluding carboxylic acids is 1. The van der Waals surface area contributed by atoms with E-state index in [0.29, 0.717) is 36.1 Å². The number of aryl methyl sites for hydroxylation is 3. The number of hydrogen-bond acceptors (Lipinski definition) is 6. The van der Waals surface area contributed by atoms with Gasteiger partial charge >= 0.3 is 0 Å². The fourth-order valence-electron chi connectivity index (χ4n) is 3.22. The first-order chi connectivity index (χ1) is 14.6. The molecule has 0 saturated carbocycles. The average molecular weight is 443 g/mol. The fourth-order valence-corrected chi connectivity index (χ4v) is 4.68. The number of benzene rings is 1. The van der Waals surface area contributed by atoms with Crippen LogP contribution in [0.4, 0.5) is 5.82 Å². The van der Waals surface area contributed by atoms with Crippen LogP contribution in [0, 0.1) is 20.8 Å². The maximum atomic E-state index is 12.8. The molecule has 1 N–H and O–H groups in total. The highest BCUT2D eigenvalue weighted by Crippen LogP contribution is 2.19. The normalized spacial score (nSPS) is 11.7. The van der Waals surface area contributed by atoms with Crippen LogP contribution in [0.3, 0.4) is 0 Å². The zero-order valence-electron chi connectivity index (χ0n) is 18.2. The van der Waals surface area contributed by atoms with Crippen molar-refractivity contribution in [2.24, 2.45) is 0 Å². The molecule has 31 heavy (non-hydrogen) atoms. The number of nitrogens with one attached hydrogen (secondary N) is 1. The van der Waals surface area contributed by atoms with Gasteiger partial charge in [-0.3, -0.25) is 4.79 Å². The molecule has 1 aromatic carbocycles. The molecule has 0 atom stereocenters. The smallest absolute Gasteiger partial charge is 0.256 e. The molecule has 0 unspecified atom stereocenters.